The summed E-state index contributed by atoms with van der Waals surface area (Å²) in [6, 6.07) is 23.9. The average Bonchev–Trinajstić information content (AvgIpc) is 3.59. The van der Waals surface area contributed by atoms with Gasteiger partial charge in [0.05, 0.1) is 21.2 Å². The van der Waals surface area contributed by atoms with Crippen LogP contribution in [0.15, 0.2) is 102 Å². The summed E-state index contributed by atoms with van der Waals surface area (Å²) in [6.07, 6.45) is -1.24. The van der Waals surface area contributed by atoms with E-state index in [1.165, 1.54) is 17.0 Å². The summed E-state index contributed by atoms with van der Waals surface area (Å²) in [5.41, 5.74) is 1.55. The van der Waals surface area contributed by atoms with Crippen LogP contribution in [-0.4, -0.2) is 43.8 Å². The third-order valence-electron chi connectivity index (χ3n) is 8.88. The lowest BCUT2D eigenvalue weighted by Crippen LogP contribution is -2.54. The zero-order chi connectivity index (χ0) is 36.1. The van der Waals surface area contributed by atoms with Gasteiger partial charge in [0, 0.05) is 19.0 Å². The van der Waals surface area contributed by atoms with Crippen molar-refractivity contribution in [1.29, 1.82) is 0 Å². The Morgan fingerprint density at radius 3 is 2.06 bits per heavy atom. The van der Waals surface area contributed by atoms with Crippen LogP contribution in [0.25, 0.3) is 0 Å². The second-order valence-corrected chi connectivity index (χ2v) is 15.0. The van der Waals surface area contributed by atoms with Crippen LogP contribution in [0.3, 0.4) is 0 Å². The fourth-order valence-corrected chi connectivity index (χ4v) is 7.69. The highest BCUT2D eigenvalue weighted by Crippen LogP contribution is 2.38. The molecule has 5 rings (SSSR count). The van der Waals surface area contributed by atoms with Gasteiger partial charge in [-0.3, -0.25) is 13.9 Å². The van der Waals surface area contributed by atoms with Crippen molar-refractivity contribution in [2.45, 2.75) is 75.7 Å². The van der Waals surface area contributed by atoms with E-state index in [4.69, 9.17) is 11.6 Å². The molecule has 0 heterocycles. The number of sulfonamides is 1. The Morgan fingerprint density at radius 2 is 1.46 bits per heavy atom. The molecule has 1 saturated carbocycles. The van der Waals surface area contributed by atoms with Gasteiger partial charge in [0.2, 0.25) is 11.8 Å². The minimum atomic E-state index is -4.90. The van der Waals surface area contributed by atoms with Crippen molar-refractivity contribution in [3.63, 3.8) is 0 Å². The Morgan fingerprint density at radius 1 is 0.860 bits per heavy atom. The molecule has 50 heavy (non-hydrogen) atoms. The first-order valence-corrected chi connectivity index (χ1v) is 18.2. The molecule has 0 aromatic heterocycles. The molecule has 4 aromatic rings. The highest BCUT2D eigenvalue weighted by Gasteiger charge is 2.38. The number of hydrogen-bond donors (Lipinski definition) is 1. The smallest absolute Gasteiger partial charge is 0.352 e. The first-order valence-electron chi connectivity index (χ1n) is 16.4. The number of nitrogens with zero attached hydrogens (tertiary/aromatic N) is 2. The second-order valence-electron chi connectivity index (χ2n) is 12.7. The Kier molecular flexibility index (Phi) is 11.6. The monoisotopic (exact) mass is 725 g/mol. The van der Waals surface area contributed by atoms with E-state index in [2.05, 4.69) is 5.32 Å². The van der Waals surface area contributed by atoms with Crippen LogP contribution >= 0.6 is 11.6 Å². The van der Waals surface area contributed by atoms with Crippen LogP contribution < -0.4 is 9.62 Å². The van der Waals surface area contributed by atoms with E-state index in [1.807, 2.05) is 61.5 Å². The standard InChI is InChI=1S/C38H39ClF3N3O4S/c1-26-12-16-29(17-13-26)24-44(35(22-28-8-4-3-5-9-28)37(47)43-30-10-6-7-11-30)36(46)25-45(50(48,49)32-19-14-27(2)15-20-32)31-18-21-34(39)33(23-31)38(40,41)42/h3-5,8-9,12-21,23,30,35H,6-7,10-11,22,24-25H2,1-2H3,(H,43,47). The van der Waals surface area contributed by atoms with Gasteiger partial charge in [0.25, 0.3) is 10.0 Å². The predicted molar refractivity (Wildman–Crippen MR) is 188 cm³/mol. The van der Waals surface area contributed by atoms with Crippen molar-refractivity contribution < 1.29 is 31.2 Å². The van der Waals surface area contributed by atoms with E-state index in [9.17, 15) is 31.2 Å². The molecule has 1 atom stereocenters. The highest BCUT2D eigenvalue weighted by molar-refractivity contribution is 7.92. The fraction of sp³-hybridized carbons (Fsp3) is 0.316. The van der Waals surface area contributed by atoms with Gasteiger partial charge >= 0.3 is 6.18 Å². The highest BCUT2D eigenvalue weighted by atomic mass is 35.5. The summed E-state index contributed by atoms with van der Waals surface area (Å²) in [5.74, 6) is -1.16. The molecule has 12 heteroatoms. The Bertz CT molecular complexity index is 1900. The van der Waals surface area contributed by atoms with Gasteiger partial charge in [-0.25, -0.2) is 8.42 Å². The lowest BCUT2D eigenvalue weighted by Gasteiger charge is -2.34. The molecule has 1 aliphatic carbocycles. The van der Waals surface area contributed by atoms with E-state index in [0.29, 0.717) is 15.9 Å². The van der Waals surface area contributed by atoms with Gasteiger partial charge in [-0.05, 0) is 68.1 Å². The Hall–Kier alpha value is -4.35. The molecule has 1 unspecified atom stereocenters. The Balaban J connectivity index is 1.61. The molecule has 0 aliphatic heterocycles. The van der Waals surface area contributed by atoms with Gasteiger partial charge in [0.15, 0.2) is 0 Å². The largest absolute Gasteiger partial charge is 0.417 e. The van der Waals surface area contributed by atoms with Gasteiger partial charge in [0.1, 0.15) is 12.6 Å². The molecule has 2 amide bonds. The van der Waals surface area contributed by atoms with Crippen LogP contribution in [-0.2, 0) is 38.8 Å². The molecular formula is C38H39ClF3N3O4S. The fourth-order valence-electron chi connectivity index (χ4n) is 6.06. The van der Waals surface area contributed by atoms with Crippen molar-refractivity contribution in [3.8, 4) is 0 Å². The molecular weight excluding hydrogens is 687 g/mol. The summed E-state index contributed by atoms with van der Waals surface area (Å²) in [5, 5.41) is 2.48. The number of benzene rings is 4. The van der Waals surface area contributed by atoms with Crippen molar-refractivity contribution in [1.82, 2.24) is 10.2 Å². The number of carbonyl (C=O) groups excluding carboxylic acids is 2. The van der Waals surface area contributed by atoms with Crippen LogP contribution in [0, 0.1) is 13.8 Å². The first kappa shape index (κ1) is 36.9. The third kappa shape index (κ3) is 9.05. The zero-order valence-electron chi connectivity index (χ0n) is 27.8. The minimum absolute atomic E-state index is 0.0540. The molecule has 0 spiro atoms. The normalized spacial score (nSPS) is 14.3. The summed E-state index contributed by atoms with van der Waals surface area (Å²) >= 11 is 5.91. The molecule has 4 aromatic carbocycles. The van der Waals surface area contributed by atoms with E-state index >= 15 is 0 Å². The van der Waals surface area contributed by atoms with Crippen molar-refractivity contribution in [3.05, 3.63) is 130 Å². The third-order valence-corrected chi connectivity index (χ3v) is 11.0. The van der Waals surface area contributed by atoms with Crippen LogP contribution in [0.5, 0.6) is 0 Å². The number of anilines is 1. The summed E-state index contributed by atoms with van der Waals surface area (Å²) in [6.45, 7) is 2.73. The summed E-state index contributed by atoms with van der Waals surface area (Å²) in [7, 11) is -4.60. The summed E-state index contributed by atoms with van der Waals surface area (Å²) < 4.78 is 71.2. The maximum absolute atomic E-state index is 14.6. The molecule has 0 radical (unpaired) electrons. The lowest BCUT2D eigenvalue weighted by atomic mass is 10.0. The van der Waals surface area contributed by atoms with E-state index in [0.717, 1.165) is 54.5 Å². The lowest BCUT2D eigenvalue weighted by molar-refractivity contribution is -0.140. The molecule has 1 aliphatic rings. The molecule has 1 fully saturated rings. The van der Waals surface area contributed by atoms with E-state index in [1.54, 1.807) is 19.1 Å². The van der Waals surface area contributed by atoms with Crippen LogP contribution in [0.2, 0.25) is 5.02 Å². The molecule has 7 nitrogen and oxygen atoms in total. The number of halogens is 4. The quantitative estimate of drug-likeness (QED) is 0.161. The number of amides is 2. The van der Waals surface area contributed by atoms with Crippen LogP contribution in [0.1, 0.15) is 53.5 Å². The number of alkyl halides is 3. The topological polar surface area (TPSA) is 86.8 Å². The molecule has 0 saturated heterocycles. The van der Waals surface area contributed by atoms with Crippen molar-refractivity contribution >= 4 is 39.1 Å². The molecule has 264 valence electrons. The summed E-state index contributed by atoms with van der Waals surface area (Å²) in [4.78, 5) is 29.9. The SMILES string of the molecule is Cc1ccc(CN(C(=O)CN(c2ccc(Cl)c(C(F)(F)F)c2)S(=O)(=O)c2ccc(C)cc2)C(Cc2ccccc2)C(=O)NC2CCCC2)cc1. The molecule has 0 bridgehead atoms. The van der Waals surface area contributed by atoms with E-state index < -0.39 is 51.0 Å². The van der Waals surface area contributed by atoms with Crippen molar-refractivity contribution in [2.75, 3.05) is 10.8 Å². The van der Waals surface area contributed by atoms with Gasteiger partial charge in [-0.1, -0.05) is 102 Å². The second kappa shape index (κ2) is 15.7. The number of nitrogens with one attached hydrogen (secondary N) is 1. The number of carbonyl (C=O) groups is 2. The van der Waals surface area contributed by atoms with E-state index in [-0.39, 0.29) is 29.8 Å². The van der Waals surface area contributed by atoms with Gasteiger partial charge in [-0.15, -0.1) is 0 Å². The van der Waals surface area contributed by atoms with Crippen molar-refractivity contribution in [2.24, 2.45) is 0 Å². The number of aryl methyl sites for hydroxylation is 2. The minimum Gasteiger partial charge on any atom is -0.352 e. The number of hydrogen-bond acceptors (Lipinski definition) is 4. The zero-order valence-corrected chi connectivity index (χ0v) is 29.4. The first-order chi connectivity index (χ1) is 23.7. The Labute approximate surface area is 296 Å². The van der Waals surface area contributed by atoms with Gasteiger partial charge < -0.3 is 10.2 Å². The molecule has 1 N–H and O–H groups in total. The predicted octanol–water partition coefficient (Wildman–Crippen LogP) is 7.87. The average molecular weight is 726 g/mol. The van der Waals surface area contributed by atoms with Crippen LogP contribution in [0.4, 0.5) is 18.9 Å². The number of rotatable bonds is 12. The van der Waals surface area contributed by atoms with Gasteiger partial charge in [-0.2, -0.15) is 13.2 Å². The maximum atomic E-state index is 14.6. The maximum Gasteiger partial charge on any atom is 0.417 e.